The van der Waals surface area contributed by atoms with Crippen molar-refractivity contribution in [2.45, 2.75) is 110 Å². The summed E-state index contributed by atoms with van der Waals surface area (Å²) in [6, 6.07) is 7.81. The van der Waals surface area contributed by atoms with Crippen molar-refractivity contribution in [3.05, 3.63) is 29.8 Å². The van der Waals surface area contributed by atoms with Crippen molar-refractivity contribution < 1.29 is 14.6 Å². The van der Waals surface area contributed by atoms with Crippen LogP contribution in [-0.2, 0) is 11.2 Å². The maximum absolute atomic E-state index is 10.6. The van der Waals surface area contributed by atoms with E-state index in [2.05, 4.69) is 6.92 Å². The molecule has 3 nitrogen and oxygen atoms in total. The van der Waals surface area contributed by atoms with Gasteiger partial charge in [0.25, 0.3) is 0 Å². The quantitative estimate of drug-likeness (QED) is 0.248. The Bertz CT molecular complexity index is 481. The molecule has 0 fully saturated rings. The highest BCUT2D eigenvalue weighted by Gasteiger charge is 2.00. The summed E-state index contributed by atoms with van der Waals surface area (Å²) >= 11 is 0. The lowest BCUT2D eigenvalue weighted by Crippen LogP contribution is -1.99. The summed E-state index contributed by atoms with van der Waals surface area (Å²) in [6.07, 6.45) is 19.9. The number of unbranched alkanes of at least 4 members (excludes halogenated alkanes) is 13. The first kappa shape index (κ1) is 24.5. The molecule has 0 aliphatic heterocycles. The van der Waals surface area contributed by atoms with Gasteiger partial charge in [-0.2, -0.15) is 0 Å². The molecular formula is C25H42O3. The van der Waals surface area contributed by atoms with E-state index < -0.39 is 5.97 Å². The second-order valence-electron chi connectivity index (χ2n) is 7.98. The molecule has 0 saturated carbocycles. The highest BCUT2D eigenvalue weighted by atomic mass is 16.5. The Kier molecular flexibility index (Phi) is 15.4. The number of benzene rings is 1. The van der Waals surface area contributed by atoms with Crippen molar-refractivity contribution in [3.63, 3.8) is 0 Å². The molecule has 28 heavy (non-hydrogen) atoms. The van der Waals surface area contributed by atoms with E-state index in [1.807, 2.05) is 24.3 Å². The summed E-state index contributed by atoms with van der Waals surface area (Å²) in [7, 11) is 0. The first-order valence-electron chi connectivity index (χ1n) is 11.7. The molecule has 0 aliphatic rings. The van der Waals surface area contributed by atoms with Gasteiger partial charge in [0.1, 0.15) is 5.75 Å². The number of hydrogen-bond donors (Lipinski definition) is 1. The number of aliphatic carboxylic acids is 1. The summed E-state index contributed by atoms with van der Waals surface area (Å²) in [6.45, 7) is 3.05. The molecule has 0 bridgehead atoms. The van der Waals surface area contributed by atoms with Crippen LogP contribution in [0.4, 0.5) is 0 Å². The summed E-state index contributed by atoms with van der Waals surface area (Å²) in [5.41, 5.74) is 1.05. The van der Waals surface area contributed by atoms with Crippen LogP contribution in [-0.4, -0.2) is 17.7 Å². The lowest BCUT2D eigenvalue weighted by Gasteiger charge is -2.07. The molecule has 0 atom stereocenters. The van der Waals surface area contributed by atoms with Gasteiger partial charge in [-0.3, -0.25) is 4.79 Å². The third-order valence-electron chi connectivity index (χ3n) is 5.32. The zero-order chi connectivity index (χ0) is 20.3. The number of carboxylic acids is 1. The molecule has 1 aromatic rings. The van der Waals surface area contributed by atoms with Gasteiger partial charge in [-0.25, -0.2) is 0 Å². The number of carboxylic acid groups (broad SMARTS) is 1. The van der Waals surface area contributed by atoms with Gasteiger partial charge in [0.05, 0.1) is 6.61 Å². The molecule has 0 radical (unpaired) electrons. The van der Waals surface area contributed by atoms with E-state index in [0.29, 0.717) is 6.42 Å². The normalized spacial score (nSPS) is 10.9. The third-order valence-corrected chi connectivity index (χ3v) is 5.32. The van der Waals surface area contributed by atoms with E-state index in [-0.39, 0.29) is 6.42 Å². The van der Waals surface area contributed by atoms with Crippen molar-refractivity contribution in [3.8, 4) is 5.75 Å². The zero-order valence-electron chi connectivity index (χ0n) is 18.1. The van der Waals surface area contributed by atoms with Crippen LogP contribution in [0, 0.1) is 0 Å². The second kappa shape index (κ2) is 17.6. The predicted octanol–water partition coefficient (Wildman–Crippen LogP) is 7.56. The molecule has 160 valence electrons. The van der Waals surface area contributed by atoms with Crippen LogP contribution < -0.4 is 4.74 Å². The van der Waals surface area contributed by atoms with E-state index in [1.165, 1.54) is 83.5 Å². The maximum atomic E-state index is 10.6. The average molecular weight is 391 g/mol. The number of hydrogen-bond acceptors (Lipinski definition) is 2. The van der Waals surface area contributed by atoms with Crippen LogP contribution in [0.15, 0.2) is 24.3 Å². The van der Waals surface area contributed by atoms with Gasteiger partial charge in [-0.1, -0.05) is 103 Å². The lowest BCUT2D eigenvalue weighted by atomic mass is 10.0. The van der Waals surface area contributed by atoms with Gasteiger partial charge < -0.3 is 9.84 Å². The van der Waals surface area contributed by atoms with Crippen LogP contribution in [0.25, 0.3) is 0 Å². The van der Waals surface area contributed by atoms with Crippen LogP contribution in [0.3, 0.4) is 0 Å². The minimum Gasteiger partial charge on any atom is -0.494 e. The van der Waals surface area contributed by atoms with Gasteiger partial charge in [-0.05, 0) is 30.5 Å². The number of ether oxygens (including phenoxy) is 1. The summed E-state index contributed by atoms with van der Waals surface area (Å²) in [5, 5.41) is 8.71. The molecule has 0 aromatic heterocycles. The van der Waals surface area contributed by atoms with E-state index >= 15 is 0 Å². The fraction of sp³-hybridized carbons (Fsp3) is 0.720. The smallest absolute Gasteiger partial charge is 0.303 e. The van der Waals surface area contributed by atoms with Gasteiger partial charge >= 0.3 is 5.97 Å². The fourth-order valence-electron chi connectivity index (χ4n) is 3.49. The predicted molar refractivity (Wildman–Crippen MR) is 118 cm³/mol. The molecule has 0 saturated heterocycles. The highest BCUT2D eigenvalue weighted by molar-refractivity contribution is 5.67. The second-order valence-corrected chi connectivity index (χ2v) is 7.98. The Morgan fingerprint density at radius 2 is 1.21 bits per heavy atom. The molecule has 0 unspecified atom stereocenters. The highest BCUT2D eigenvalue weighted by Crippen LogP contribution is 2.15. The summed E-state index contributed by atoms with van der Waals surface area (Å²) in [4.78, 5) is 10.6. The molecule has 0 aliphatic carbocycles. The minimum atomic E-state index is -0.752. The molecule has 1 N–H and O–H groups in total. The Labute approximate surface area is 172 Å². The molecule has 3 heteroatoms. The Balaban J connectivity index is 1.85. The monoisotopic (exact) mass is 390 g/mol. The summed E-state index contributed by atoms with van der Waals surface area (Å²) in [5.74, 6) is 0.131. The zero-order valence-corrected chi connectivity index (χ0v) is 18.1. The standard InChI is InChI=1S/C25H42O3/c1-2-3-4-5-6-7-8-9-10-11-12-13-14-15-22-28-24-19-16-23(17-20-24)18-21-25(26)27/h16-17,19-20H,2-15,18,21-22H2,1H3,(H,26,27). The van der Waals surface area contributed by atoms with Crippen LogP contribution in [0.5, 0.6) is 5.75 Å². The van der Waals surface area contributed by atoms with E-state index in [9.17, 15) is 4.79 Å². The van der Waals surface area contributed by atoms with E-state index in [1.54, 1.807) is 0 Å². The van der Waals surface area contributed by atoms with Gasteiger partial charge in [0.2, 0.25) is 0 Å². The SMILES string of the molecule is CCCCCCCCCCCCCCCCOc1ccc(CCC(=O)O)cc1. The fourth-order valence-corrected chi connectivity index (χ4v) is 3.49. The number of aryl methyl sites for hydroxylation is 1. The lowest BCUT2D eigenvalue weighted by molar-refractivity contribution is -0.136. The number of rotatable bonds is 19. The van der Waals surface area contributed by atoms with Crippen LogP contribution >= 0.6 is 0 Å². The van der Waals surface area contributed by atoms with Crippen molar-refractivity contribution >= 4 is 5.97 Å². The first-order valence-corrected chi connectivity index (χ1v) is 11.7. The molecule has 1 aromatic carbocycles. The largest absolute Gasteiger partial charge is 0.494 e. The van der Waals surface area contributed by atoms with Gasteiger partial charge in [-0.15, -0.1) is 0 Å². The van der Waals surface area contributed by atoms with Crippen molar-refractivity contribution in [1.82, 2.24) is 0 Å². The third kappa shape index (κ3) is 14.5. The molecule has 0 amide bonds. The van der Waals surface area contributed by atoms with Crippen LogP contribution in [0.2, 0.25) is 0 Å². The van der Waals surface area contributed by atoms with Crippen LogP contribution in [0.1, 0.15) is 109 Å². The first-order chi connectivity index (χ1) is 13.7. The minimum absolute atomic E-state index is 0.180. The number of carbonyl (C=O) groups is 1. The molecular weight excluding hydrogens is 348 g/mol. The Morgan fingerprint density at radius 1 is 0.750 bits per heavy atom. The Morgan fingerprint density at radius 3 is 1.68 bits per heavy atom. The summed E-state index contributed by atoms with van der Waals surface area (Å²) < 4.78 is 5.78. The van der Waals surface area contributed by atoms with Crippen molar-refractivity contribution in [2.24, 2.45) is 0 Å². The van der Waals surface area contributed by atoms with Gasteiger partial charge in [0, 0.05) is 6.42 Å². The Hall–Kier alpha value is -1.51. The van der Waals surface area contributed by atoms with Gasteiger partial charge in [0.15, 0.2) is 0 Å². The maximum Gasteiger partial charge on any atom is 0.303 e. The van der Waals surface area contributed by atoms with Crippen molar-refractivity contribution in [1.29, 1.82) is 0 Å². The molecule has 0 spiro atoms. The van der Waals surface area contributed by atoms with E-state index in [0.717, 1.165) is 24.3 Å². The molecule has 1 rings (SSSR count). The van der Waals surface area contributed by atoms with Crippen molar-refractivity contribution in [2.75, 3.05) is 6.61 Å². The topological polar surface area (TPSA) is 46.5 Å². The molecule has 0 heterocycles. The average Bonchev–Trinajstić information content (AvgIpc) is 2.70. The van der Waals surface area contributed by atoms with E-state index in [4.69, 9.17) is 9.84 Å².